The average molecular weight is 637 g/mol. The van der Waals surface area contributed by atoms with Gasteiger partial charge < -0.3 is 28.4 Å². The number of ether oxygens (including phenoxy) is 6. The van der Waals surface area contributed by atoms with Crippen molar-refractivity contribution in [3.05, 3.63) is 155 Å². The molecule has 1 saturated heterocycles. The van der Waals surface area contributed by atoms with Crippen molar-refractivity contribution in [2.45, 2.75) is 77.2 Å². The summed E-state index contributed by atoms with van der Waals surface area (Å²) in [6.07, 6.45) is -1.29. The molecule has 5 rings (SSSR count). The fourth-order valence-corrected chi connectivity index (χ4v) is 5.27. The molecule has 0 aliphatic carbocycles. The Bertz CT molecular complexity index is 1520. The number of esters is 1. The fourth-order valence-electron chi connectivity index (χ4n) is 5.27. The molecule has 1 fully saturated rings. The van der Waals surface area contributed by atoms with Gasteiger partial charge in [-0.1, -0.05) is 121 Å². The maximum Gasteiger partial charge on any atom is 0.334 e. The second-order valence-electron chi connectivity index (χ2n) is 12.5. The molecule has 7 heteroatoms. The molecule has 4 aromatic rings. The average Bonchev–Trinajstić information content (AvgIpc) is 3.07. The third kappa shape index (κ3) is 10.9. The van der Waals surface area contributed by atoms with Crippen LogP contribution in [0, 0.1) is 0 Å². The standard InChI is InChI=1S/C40H44O7/c1-40(2,3)47-36(41)24-34-37(43-26-31-18-10-5-11-19-31)39(45-28-33-22-14-7-15-23-33)38(44-27-32-20-12-6-13-21-32)35(46-34)29-42-25-30-16-8-4-9-17-30/h4-24,35,37-39H,25-29H2,1-3H3/b34-24+/t35-,37-,38-,39-/m1/s1. The molecule has 0 saturated carbocycles. The van der Waals surface area contributed by atoms with Gasteiger partial charge in [0.1, 0.15) is 29.7 Å². The monoisotopic (exact) mass is 636 g/mol. The molecule has 1 aliphatic rings. The first kappa shape index (κ1) is 34.1. The lowest BCUT2D eigenvalue weighted by Gasteiger charge is -2.43. The second kappa shape index (κ2) is 17.0. The molecule has 246 valence electrons. The topological polar surface area (TPSA) is 72.5 Å². The molecule has 0 amide bonds. The number of carbonyl (C=O) groups excluding carboxylic acids is 1. The zero-order valence-corrected chi connectivity index (χ0v) is 27.3. The van der Waals surface area contributed by atoms with Crippen LogP contribution in [0.15, 0.2) is 133 Å². The van der Waals surface area contributed by atoms with Crippen LogP contribution in [0.4, 0.5) is 0 Å². The molecule has 7 nitrogen and oxygen atoms in total. The van der Waals surface area contributed by atoms with Crippen LogP contribution in [-0.2, 0) is 59.6 Å². The van der Waals surface area contributed by atoms with E-state index in [2.05, 4.69) is 0 Å². The van der Waals surface area contributed by atoms with Gasteiger partial charge >= 0.3 is 5.97 Å². The van der Waals surface area contributed by atoms with Gasteiger partial charge in [-0.05, 0) is 43.0 Å². The van der Waals surface area contributed by atoms with Crippen molar-refractivity contribution < 1.29 is 33.2 Å². The molecule has 0 N–H and O–H groups in total. The second-order valence-corrected chi connectivity index (χ2v) is 12.5. The number of hydrogen-bond donors (Lipinski definition) is 0. The van der Waals surface area contributed by atoms with Crippen LogP contribution in [0.2, 0.25) is 0 Å². The largest absolute Gasteiger partial charge is 0.486 e. The molecule has 4 atom stereocenters. The van der Waals surface area contributed by atoms with E-state index in [0.717, 1.165) is 22.3 Å². The van der Waals surface area contributed by atoms with Crippen LogP contribution in [-0.4, -0.2) is 42.6 Å². The Balaban J connectivity index is 1.49. The Morgan fingerprint density at radius 1 is 0.617 bits per heavy atom. The maximum absolute atomic E-state index is 13.2. The highest BCUT2D eigenvalue weighted by Gasteiger charge is 2.47. The SMILES string of the molecule is CC(C)(C)OC(=O)/C=C1/O[C@H](COCc2ccccc2)[C@@H](OCc2ccccc2)[C@H](OCc2ccccc2)[C@@H]1OCc1ccccc1. The third-order valence-corrected chi connectivity index (χ3v) is 7.46. The minimum atomic E-state index is -0.780. The molecule has 1 heterocycles. The first-order valence-electron chi connectivity index (χ1n) is 16.0. The summed E-state index contributed by atoms with van der Waals surface area (Å²) in [6, 6.07) is 39.7. The summed E-state index contributed by atoms with van der Waals surface area (Å²) in [4.78, 5) is 13.2. The minimum absolute atomic E-state index is 0.191. The lowest BCUT2D eigenvalue weighted by atomic mass is 9.96. The summed E-state index contributed by atoms with van der Waals surface area (Å²) in [6.45, 7) is 6.96. The summed E-state index contributed by atoms with van der Waals surface area (Å²) in [5.74, 6) is -0.226. The normalized spacial score (nSPS) is 20.4. The molecule has 0 unspecified atom stereocenters. The minimum Gasteiger partial charge on any atom is -0.486 e. The van der Waals surface area contributed by atoms with Crippen LogP contribution < -0.4 is 0 Å². The first-order chi connectivity index (χ1) is 22.8. The fraction of sp³-hybridized carbons (Fsp3) is 0.325. The van der Waals surface area contributed by atoms with Crippen LogP contribution in [0.5, 0.6) is 0 Å². The van der Waals surface area contributed by atoms with Gasteiger partial charge in [0.2, 0.25) is 0 Å². The molecular formula is C40H44O7. The van der Waals surface area contributed by atoms with E-state index in [1.54, 1.807) is 0 Å². The summed E-state index contributed by atoms with van der Waals surface area (Å²) in [5.41, 5.74) is 3.33. The van der Waals surface area contributed by atoms with Crippen molar-refractivity contribution >= 4 is 5.97 Å². The van der Waals surface area contributed by atoms with Gasteiger partial charge in [-0.15, -0.1) is 0 Å². The van der Waals surface area contributed by atoms with Gasteiger partial charge in [0.05, 0.1) is 39.1 Å². The molecule has 0 spiro atoms. The Hall–Kier alpha value is -4.27. The molecule has 1 aliphatic heterocycles. The Morgan fingerprint density at radius 3 is 1.51 bits per heavy atom. The van der Waals surface area contributed by atoms with Crippen molar-refractivity contribution in [2.24, 2.45) is 0 Å². The van der Waals surface area contributed by atoms with Crippen molar-refractivity contribution in [1.29, 1.82) is 0 Å². The zero-order chi connectivity index (χ0) is 32.9. The number of benzene rings is 4. The zero-order valence-electron chi connectivity index (χ0n) is 27.3. The summed E-state index contributed by atoms with van der Waals surface area (Å²) >= 11 is 0. The molecule has 47 heavy (non-hydrogen) atoms. The van der Waals surface area contributed by atoms with Gasteiger partial charge in [-0.25, -0.2) is 4.79 Å². The van der Waals surface area contributed by atoms with Crippen LogP contribution >= 0.6 is 0 Å². The van der Waals surface area contributed by atoms with Gasteiger partial charge in [0.25, 0.3) is 0 Å². The van der Waals surface area contributed by atoms with Crippen LogP contribution in [0.25, 0.3) is 0 Å². The predicted octanol–water partition coefficient (Wildman–Crippen LogP) is 7.58. The van der Waals surface area contributed by atoms with E-state index < -0.39 is 36.0 Å². The highest BCUT2D eigenvalue weighted by atomic mass is 16.6. The summed E-state index contributed by atoms with van der Waals surface area (Å²) < 4.78 is 38.4. The maximum atomic E-state index is 13.2. The molecule has 0 aromatic heterocycles. The predicted molar refractivity (Wildman–Crippen MR) is 180 cm³/mol. The number of carbonyl (C=O) groups is 1. The first-order valence-corrected chi connectivity index (χ1v) is 16.0. The van der Waals surface area contributed by atoms with Crippen molar-refractivity contribution in [2.75, 3.05) is 6.61 Å². The van der Waals surface area contributed by atoms with E-state index in [1.807, 2.05) is 142 Å². The van der Waals surface area contributed by atoms with E-state index in [0.29, 0.717) is 25.6 Å². The van der Waals surface area contributed by atoms with E-state index in [-0.39, 0.29) is 13.2 Å². The Labute approximate surface area is 278 Å². The quantitative estimate of drug-likeness (QED) is 0.104. The van der Waals surface area contributed by atoms with Crippen molar-refractivity contribution in [3.63, 3.8) is 0 Å². The van der Waals surface area contributed by atoms with E-state index in [4.69, 9.17) is 28.4 Å². The highest BCUT2D eigenvalue weighted by molar-refractivity contribution is 5.83. The van der Waals surface area contributed by atoms with Crippen LogP contribution in [0.1, 0.15) is 43.0 Å². The van der Waals surface area contributed by atoms with Crippen molar-refractivity contribution in [3.8, 4) is 0 Å². The molecule has 4 aromatic carbocycles. The summed E-state index contributed by atoms with van der Waals surface area (Å²) in [7, 11) is 0. The lowest BCUT2D eigenvalue weighted by molar-refractivity contribution is -0.223. The number of hydrogen-bond acceptors (Lipinski definition) is 7. The lowest BCUT2D eigenvalue weighted by Crippen LogP contribution is -2.56. The molecular weight excluding hydrogens is 592 g/mol. The van der Waals surface area contributed by atoms with Crippen molar-refractivity contribution in [1.82, 2.24) is 0 Å². The van der Waals surface area contributed by atoms with Crippen LogP contribution in [0.3, 0.4) is 0 Å². The Kier molecular flexibility index (Phi) is 12.4. The highest BCUT2D eigenvalue weighted by Crippen LogP contribution is 2.33. The molecule has 0 bridgehead atoms. The van der Waals surface area contributed by atoms with E-state index in [9.17, 15) is 4.79 Å². The third-order valence-electron chi connectivity index (χ3n) is 7.46. The van der Waals surface area contributed by atoms with E-state index in [1.165, 1.54) is 6.08 Å². The van der Waals surface area contributed by atoms with Gasteiger partial charge in [-0.2, -0.15) is 0 Å². The molecule has 0 radical (unpaired) electrons. The Morgan fingerprint density at radius 2 is 1.04 bits per heavy atom. The van der Waals surface area contributed by atoms with E-state index >= 15 is 0 Å². The number of rotatable bonds is 14. The van der Waals surface area contributed by atoms with Gasteiger partial charge in [0, 0.05) is 0 Å². The smallest absolute Gasteiger partial charge is 0.334 e. The summed E-state index contributed by atoms with van der Waals surface area (Å²) in [5, 5.41) is 0. The van der Waals surface area contributed by atoms with Gasteiger partial charge in [0.15, 0.2) is 6.10 Å². The van der Waals surface area contributed by atoms with Gasteiger partial charge in [-0.3, -0.25) is 0 Å².